The van der Waals surface area contributed by atoms with Crippen LogP contribution in [-0.4, -0.2) is 16.6 Å². The predicted octanol–water partition coefficient (Wildman–Crippen LogP) is 3.31. The first-order valence-corrected chi connectivity index (χ1v) is 6.75. The fraction of sp³-hybridized carbons (Fsp3) is 0.143. The maximum atomic E-state index is 5.87. The molecule has 0 amide bonds. The van der Waals surface area contributed by atoms with E-state index in [0.717, 1.165) is 21.8 Å². The molecule has 0 aliphatic carbocycles. The Balaban J connectivity index is 1.86. The molecule has 0 bridgehead atoms. The summed E-state index contributed by atoms with van der Waals surface area (Å²) in [4.78, 5) is 0. The number of rotatable bonds is 4. The summed E-state index contributed by atoms with van der Waals surface area (Å²) in [5, 5.41) is 10.4. The van der Waals surface area contributed by atoms with E-state index >= 15 is 0 Å². The Morgan fingerprint density at radius 3 is 2.89 bits per heavy atom. The zero-order valence-electron chi connectivity index (χ0n) is 10.5. The van der Waals surface area contributed by atoms with E-state index in [1.165, 1.54) is 16.9 Å². The molecule has 0 fully saturated rings. The van der Waals surface area contributed by atoms with Gasteiger partial charge in [-0.25, -0.2) is 0 Å². The van der Waals surface area contributed by atoms with Crippen molar-refractivity contribution in [2.45, 2.75) is 6.61 Å². The third-order valence-electron chi connectivity index (χ3n) is 2.90. The van der Waals surface area contributed by atoms with Crippen molar-refractivity contribution in [1.82, 2.24) is 9.59 Å². The average molecular weight is 271 g/mol. The van der Waals surface area contributed by atoms with Crippen LogP contribution in [-0.2, 0) is 6.61 Å². The van der Waals surface area contributed by atoms with Gasteiger partial charge in [0.1, 0.15) is 23.1 Å². The van der Waals surface area contributed by atoms with Crippen molar-refractivity contribution in [2.75, 3.05) is 12.4 Å². The van der Waals surface area contributed by atoms with Gasteiger partial charge in [-0.05, 0) is 11.5 Å². The third kappa shape index (κ3) is 2.37. The summed E-state index contributed by atoms with van der Waals surface area (Å²) in [6, 6.07) is 14.2. The summed E-state index contributed by atoms with van der Waals surface area (Å²) in [7, 11) is 1.86. The lowest BCUT2D eigenvalue weighted by atomic mass is 10.1. The average Bonchev–Trinajstić information content (AvgIpc) is 2.92. The number of aromatic nitrogens is 2. The third-order valence-corrected chi connectivity index (χ3v) is 3.68. The predicted molar refractivity (Wildman–Crippen MR) is 77.7 cm³/mol. The molecule has 4 nitrogen and oxygen atoms in total. The molecule has 0 radical (unpaired) electrons. The Hall–Kier alpha value is -2.14. The fourth-order valence-electron chi connectivity index (χ4n) is 1.96. The van der Waals surface area contributed by atoms with Crippen molar-refractivity contribution in [3.05, 3.63) is 48.2 Å². The summed E-state index contributed by atoms with van der Waals surface area (Å²) in [5.41, 5.74) is 0.834. The van der Waals surface area contributed by atoms with E-state index in [4.69, 9.17) is 4.74 Å². The summed E-state index contributed by atoms with van der Waals surface area (Å²) < 4.78 is 9.79. The maximum Gasteiger partial charge on any atom is 0.136 e. The Morgan fingerprint density at radius 2 is 2.00 bits per heavy atom. The highest BCUT2D eigenvalue weighted by Gasteiger charge is 2.08. The Labute approximate surface area is 115 Å². The van der Waals surface area contributed by atoms with E-state index < -0.39 is 0 Å². The first-order chi connectivity index (χ1) is 9.38. The molecule has 1 N–H and O–H groups in total. The Kier molecular flexibility index (Phi) is 3.29. The van der Waals surface area contributed by atoms with E-state index in [-0.39, 0.29) is 0 Å². The maximum absolute atomic E-state index is 5.87. The first kappa shape index (κ1) is 11.9. The molecule has 0 saturated heterocycles. The van der Waals surface area contributed by atoms with Gasteiger partial charge in [0.05, 0.1) is 0 Å². The lowest BCUT2D eigenvalue weighted by Crippen LogP contribution is -1.99. The van der Waals surface area contributed by atoms with Gasteiger partial charge in [-0.3, -0.25) is 0 Å². The van der Waals surface area contributed by atoms with Gasteiger partial charge >= 0.3 is 0 Å². The number of ether oxygens (including phenoxy) is 1. The van der Waals surface area contributed by atoms with Crippen LogP contribution < -0.4 is 10.1 Å². The number of anilines is 1. The van der Waals surface area contributed by atoms with Crippen molar-refractivity contribution in [3.8, 4) is 5.75 Å². The number of hydrogen-bond acceptors (Lipinski definition) is 5. The standard InChI is InChI=1S/C14H13N3OS/c1-15-14-12(16-17-19-14)9-18-13-8-4-6-10-5-2-3-7-11(10)13/h2-8,15H,9H2,1H3. The quantitative estimate of drug-likeness (QED) is 0.790. The van der Waals surface area contributed by atoms with Crippen molar-refractivity contribution < 1.29 is 4.74 Å². The smallest absolute Gasteiger partial charge is 0.136 e. The van der Waals surface area contributed by atoms with Gasteiger partial charge in [0, 0.05) is 24.0 Å². The normalized spacial score (nSPS) is 10.6. The molecule has 3 rings (SSSR count). The Morgan fingerprint density at radius 1 is 1.16 bits per heavy atom. The molecule has 0 saturated carbocycles. The zero-order valence-corrected chi connectivity index (χ0v) is 11.3. The summed E-state index contributed by atoms with van der Waals surface area (Å²) in [6.07, 6.45) is 0. The minimum absolute atomic E-state index is 0.417. The molecule has 3 aromatic rings. The lowest BCUT2D eigenvalue weighted by molar-refractivity contribution is 0.305. The number of nitrogens with one attached hydrogen (secondary N) is 1. The number of fused-ring (bicyclic) bond motifs is 1. The molecule has 5 heteroatoms. The second-order valence-corrected chi connectivity index (χ2v) is 4.82. The van der Waals surface area contributed by atoms with Crippen molar-refractivity contribution >= 4 is 27.3 Å². The van der Waals surface area contributed by atoms with Crippen molar-refractivity contribution in [3.63, 3.8) is 0 Å². The van der Waals surface area contributed by atoms with Gasteiger partial charge in [-0.1, -0.05) is 40.9 Å². The highest BCUT2D eigenvalue weighted by molar-refractivity contribution is 7.10. The number of benzene rings is 2. The van der Waals surface area contributed by atoms with Crippen LogP contribution in [0.5, 0.6) is 5.75 Å². The molecule has 19 heavy (non-hydrogen) atoms. The molecule has 2 aromatic carbocycles. The fourth-order valence-corrected chi connectivity index (χ4v) is 2.48. The summed E-state index contributed by atoms with van der Waals surface area (Å²) in [5.74, 6) is 0.869. The molecule has 0 aliphatic rings. The van der Waals surface area contributed by atoms with Gasteiger partial charge in [-0.15, -0.1) is 5.10 Å². The van der Waals surface area contributed by atoms with Gasteiger partial charge in [0.15, 0.2) is 0 Å². The summed E-state index contributed by atoms with van der Waals surface area (Å²) >= 11 is 1.34. The van der Waals surface area contributed by atoms with E-state index in [2.05, 4.69) is 33.1 Å². The number of nitrogens with zero attached hydrogens (tertiary/aromatic N) is 2. The van der Waals surface area contributed by atoms with E-state index in [9.17, 15) is 0 Å². The SMILES string of the molecule is CNc1snnc1COc1cccc2ccccc12. The van der Waals surface area contributed by atoms with E-state index in [0.29, 0.717) is 6.61 Å². The second kappa shape index (κ2) is 5.24. The highest BCUT2D eigenvalue weighted by atomic mass is 32.1. The van der Waals surface area contributed by atoms with Crippen LogP contribution in [0.3, 0.4) is 0 Å². The molecule has 0 unspecified atom stereocenters. The van der Waals surface area contributed by atoms with Crippen LogP contribution in [0.25, 0.3) is 10.8 Å². The monoisotopic (exact) mass is 271 g/mol. The van der Waals surface area contributed by atoms with E-state index in [1.807, 2.05) is 31.3 Å². The molecular formula is C14H13N3OS. The molecule has 0 spiro atoms. The minimum Gasteiger partial charge on any atom is -0.486 e. The molecule has 0 aliphatic heterocycles. The van der Waals surface area contributed by atoms with Crippen LogP contribution in [0.15, 0.2) is 42.5 Å². The molecule has 96 valence electrons. The Bertz CT molecular complexity index is 690. The van der Waals surface area contributed by atoms with Crippen LogP contribution in [0.4, 0.5) is 5.00 Å². The van der Waals surface area contributed by atoms with Crippen LogP contribution >= 0.6 is 11.5 Å². The van der Waals surface area contributed by atoms with Crippen molar-refractivity contribution in [2.24, 2.45) is 0 Å². The van der Waals surface area contributed by atoms with Gasteiger partial charge < -0.3 is 10.1 Å². The second-order valence-electron chi connectivity index (χ2n) is 4.06. The largest absolute Gasteiger partial charge is 0.486 e. The molecule has 0 atom stereocenters. The minimum atomic E-state index is 0.417. The van der Waals surface area contributed by atoms with Crippen LogP contribution in [0.2, 0.25) is 0 Å². The number of hydrogen-bond donors (Lipinski definition) is 1. The van der Waals surface area contributed by atoms with Gasteiger partial charge in [0.25, 0.3) is 0 Å². The van der Waals surface area contributed by atoms with Gasteiger partial charge in [0.2, 0.25) is 0 Å². The highest BCUT2D eigenvalue weighted by Crippen LogP contribution is 2.26. The van der Waals surface area contributed by atoms with Crippen LogP contribution in [0, 0.1) is 0 Å². The zero-order chi connectivity index (χ0) is 13.1. The molecule has 1 heterocycles. The van der Waals surface area contributed by atoms with Crippen LogP contribution in [0.1, 0.15) is 5.69 Å². The van der Waals surface area contributed by atoms with Gasteiger partial charge in [-0.2, -0.15) is 0 Å². The lowest BCUT2D eigenvalue weighted by Gasteiger charge is -2.08. The molecular weight excluding hydrogens is 258 g/mol. The van der Waals surface area contributed by atoms with E-state index in [1.54, 1.807) is 0 Å². The summed E-state index contributed by atoms with van der Waals surface area (Å²) in [6.45, 7) is 0.417. The first-order valence-electron chi connectivity index (χ1n) is 5.98. The molecule has 1 aromatic heterocycles. The topological polar surface area (TPSA) is 47.0 Å². The van der Waals surface area contributed by atoms with Crippen molar-refractivity contribution in [1.29, 1.82) is 0 Å².